The summed E-state index contributed by atoms with van der Waals surface area (Å²) in [5.41, 5.74) is 12.5. The van der Waals surface area contributed by atoms with Gasteiger partial charge in [0.1, 0.15) is 0 Å². The van der Waals surface area contributed by atoms with E-state index in [2.05, 4.69) is 96.4 Å². The van der Waals surface area contributed by atoms with Crippen LogP contribution in [0.1, 0.15) is 31.2 Å². The third-order valence-corrected chi connectivity index (χ3v) is 6.47. The topological polar surface area (TPSA) is 6.48 Å². The highest BCUT2D eigenvalue weighted by molar-refractivity contribution is 5.97. The first kappa shape index (κ1) is 17.8. The van der Waals surface area contributed by atoms with Crippen molar-refractivity contribution in [2.24, 2.45) is 5.92 Å². The predicted octanol–water partition coefficient (Wildman–Crippen LogP) is 6.67. The van der Waals surface area contributed by atoms with Gasteiger partial charge in [0.15, 0.2) is 0 Å². The molecule has 144 valence electrons. The highest BCUT2D eigenvalue weighted by Crippen LogP contribution is 2.49. The van der Waals surface area contributed by atoms with Crippen LogP contribution in [0.3, 0.4) is 0 Å². The molecule has 2 heterocycles. The van der Waals surface area contributed by atoms with E-state index in [1.807, 2.05) is 0 Å². The average Bonchev–Trinajstić information content (AvgIpc) is 3.30. The van der Waals surface area contributed by atoms with Gasteiger partial charge in [0, 0.05) is 46.5 Å². The zero-order valence-corrected chi connectivity index (χ0v) is 17.0. The molecule has 2 heteroatoms. The number of hydrogen-bond donors (Lipinski definition) is 0. The molecule has 0 aromatic heterocycles. The van der Waals surface area contributed by atoms with Crippen LogP contribution in [0.2, 0.25) is 0 Å². The van der Waals surface area contributed by atoms with Crippen LogP contribution in [-0.4, -0.2) is 7.05 Å². The van der Waals surface area contributed by atoms with E-state index in [-0.39, 0.29) is 0 Å². The molecule has 29 heavy (non-hydrogen) atoms. The Morgan fingerprint density at radius 2 is 1.66 bits per heavy atom. The first-order valence-corrected chi connectivity index (χ1v) is 10.4. The summed E-state index contributed by atoms with van der Waals surface area (Å²) in [7, 11) is 2.16. The third kappa shape index (κ3) is 2.72. The number of hydrogen-bond acceptors (Lipinski definition) is 2. The quantitative estimate of drug-likeness (QED) is 0.539. The van der Waals surface area contributed by atoms with Gasteiger partial charge in [-0.1, -0.05) is 62.4 Å². The largest absolute Gasteiger partial charge is 0.343 e. The van der Waals surface area contributed by atoms with Crippen molar-refractivity contribution in [3.05, 3.63) is 108 Å². The Morgan fingerprint density at radius 1 is 0.966 bits per heavy atom. The molecular weight excluding hydrogens is 352 g/mol. The average molecular weight is 379 g/mol. The summed E-state index contributed by atoms with van der Waals surface area (Å²) in [4.78, 5) is 4.67. The normalized spacial score (nSPS) is 19.1. The first-order valence-electron chi connectivity index (χ1n) is 10.4. The third-order valence-electron chi connectivity index (χ3n) is 6.47. The molecule has 0 unspecified atom stereocenters. The van der Waals surface area contributed by atoms with Crippen LogP contribution < -0.4 is 9.80 Å². The molecule has 1 aliphatic carbocycles. The maximum absolute atomic E-state index is 4.60. The van der Waals surface area contributed by atoms with Crippen LogP contribution in [0.25, 0.3) is 5.57 Å². The summed E-state index contributed by atoms with van der Waals surface area (Å²) in [6.07, 6.45) is 7.49. The summed E-state index contributed by atoms with van der Waals surface area (Å²) in [6.45, 7) is 8.63. The van der Waals surface area contributed by atoms with Gasteiger partial charge in [-0.05, 0) is 43.0 Å². The minimum absolute atomic E-state index is 0.572. The lowest BCUT2D eigenvalue weighted by Gasteiger charge is -2.42. The monoisotopic (exact) mass is 378 g/mol. The van der Waals surface area contributed by atoms with Crippen LogP contribution in [0, 0.1) is 5.92 Å². The fourth-order valence-corrected chi connectivity index (χ4v) is 5.06. The number of fused-ring (bicyclic) bond motifs is 1. The molecule has 0 spiro atoms. The second kappa shape index (κ2) is 6.99. The number of likely N-dealkylation sites (N-methyl/N-ethyl adjacent to an activating group) is 1. The summed E-state index contributed by atoms with van der Waals surface area (Å²) >= 11 is 0. The summed E-state index contributed by atoms with van der Waals surface area (Å²) in [5, 5.41) is 0. The van der Waals surface area contributed by atoms with Crippen molar-refractivity contribution in [2.75, 3.05) is 16.8 Å². The van der Waals surface area contributed by atoms with Crippen LogP contribution in [0.15, 0.2) is 102 Å². The molecule has 0 bridgehead atoms. The summed E-state index contributed by atoms with van der Waals surface area (Å²) < 4.78 is 0. The van der Waals surface area contributed by atoms with Gasteiger partial charge in [0.05, 0.1) is 5.70 Å². The minimum atomic E-state index is 0.572. The van der Waals surface area contributed by atoms with Gasteiger partial charge >= 0.3 is 0 Å². The fourth-order valence-electron chi connectivity index (χ4n) is 5.06. The highest BCUT2D eigenvalue weighted by atomic mass is 15.2. The van der Waals surface area contributed by atoms with Gasteiger partial charge in [-0.2, -0.15) is 0 Å². The van der Waals surface area contributed by atoms with Gasteiger partial charge in [-0.25, -0.2) is 0 Å². The number of benzene rings is 2. The predicted molar refractivity (Wildman–Crippen MR) is 123 cm³/mol. The second-order valence-corrected chi connectivity index (χ2v) is 8.06. The van der Waals surface area contributed by atoms with E-state index in [0.29, 0.717) is 5.92 Å². The lowest BCUT2D eigenvalue weighted by molar-refractivity contribution is 0.620. The zero-order valence-electron chi connectivity index (χ0n) is 17.0. The van der Waals surface area contributed by atoms with E-state index in [0.717, 1.165) is 22.4 Å². The molecule has 2 nitrogen and oxygen atoms in total. The van der Waals surface area contributed by atoms with Crippen molar-refractivity contribution < 1.29 is 0 Å². The minimum Gasteiger partial charge on any atom is -0.343 e. The van der Waals surface area contributed by atoms with Crippen molar-refractivity contribution in [3.63, 3.8) is 0 Å². The molecule has 2 aliphatic heterocycles. The Labute approximate surface area is 173 Å². The van der Waals surface area contributed by atoms with Gasteiger partial charge < -0.3 is 9.80 Å². The Bertz CT molecular complexity index is 1090. The van der Waals surface area contributed by atoms with Gasteiger partial charge in [-0.3, -0.25) is 0 Å². The number of para-hydroxylation sites is 2. The molecule has 2 aromatic carbocycles. The standard InChI is InChI=1S/C27H26N2/c1-4-22-23-16-10-11-17-24(23)28(3)26-18-25(20-12-8-9-13-20)29(19(2)27(22)26)21-14-6-5-7-15-21/h5-7,10-11,14-18,20H,1-2,8-9,12-13H2,3H3. The Balaban J connectivity index is 1.74. The molecule has 1 fully saturated rings. The van der Waals surface area contributed by atoms with Crippen molar-refractivity contribution in [2.45, 2.75) is 25.7 Å². The molecule has 2 aromatic rings. The van der Waals surface area contributed by atoms with E-state index < -0.39 is 0 Å². The lowest BCUT2D eigenvalue weighted by atomic mass is 9.84. The van der Waals surface area contributed by atoms with Gasteiger partial charge in [-0.15, -0.1) is 5.73 Å². The molecule has 0 radical (unpaired) electrons. The summed E-state index contributed by atoms with van der Waals surface area (Å²) in [6, 6.07) is 19.1. The molecule has 0 N–H and O–H groups in total. The van der Waals surface area contributed by atoms with Crippen molar-refractivity contribution in [1.29, 1.82) is 0 Å². The van der Waals surface area contributed by atoms with Gasteiger partial charge in [0.25, 0.3) is 0 Å². The van der Waals surface area contributed by atoms with E-state index in [9.17, 15) is 0 Å². The lowest BCUT2D eigenvalue weighted by Crippen LogP contribution is -2.35. The van der Waals surface area contributed by atoms with Gasteiger partial charge in [0.2, 0.25) is 0 Å². The van der Waals surface area contributed by atoms with E-state index in [1.54, 1.807) is 0 Å². The Hall–Kier alpha value is -3.22. The van der Waals surface area contributed by atoms with Crippen molar-refractivity contribution in [3.8, 4) is 0 Å². The van der Waals surface area contributed by atoms with E-state index in [1.165, 1.54) is 48.5 Å². The second-order valence-electron chi connectivity index (χ2n) is 8.06. The van der Waals surface area contributed by atoms with Crippen LogP contribution in [-0.2, 0) is 0 Å². The Morgan fingerprint density at radius 3 is 2.38 bits per heavy atom. The molecule has 0 atom stereocenters. The number of nitrogens with zero attached hydrogens (tertiary/aromatic N) is 2. The van der Waals surface area contributed by atoms with Crippen LogP contribution >= 0.6 is 0 Å². The molecule has 1 saturated carbocycles. The zero-order chi connectivity index (χ0) is 20.0. The maximum Gasteiger partial charge on any atom is 0.0533 e. The van der Waals surface area contributed by atoms with E-state index >= 15 is 0 Å². The molecule has 5 rings (SSSR count). The van der Waals surface area contributed by atoms with Crippen molar-refractivity contribution >= 4 is 16.9 Å². The highest BCUT2D eigenvalue weighted by Gasteiger charge is 2.36. The molecular formula is C27H26N2. The maximum atomic E-state index is 4.60. The van der Waals surface area contributed by atoms with Crippen LogP contribution in [0.4, 0.5) is 11.4 Å². The fraction of sp³-hybridized carbons (Fsp3) is 0.222. The molecule has 3 aliphatic rings. The van der Waals surface area contributed by atoms with E-state index in [4.69, 9.17) is 0 Å². The van der Waals surface area contributed by atoms with Crippen LogP contribution in [0.5, 0.6) is 0 Å². The molecule has 0 saturated heterocycles. The first-order chi connectivity index (χ1) is 14.2. The SMILES string of the molecule is C=C=C1C2=C(C=C(C3CCCC3)N(c3ccccc3)C2=C)N(C)c2ccccc21. The number of anilines is 2. The summed E-state index contributed by atoms with van der Waals surface area (Å²) in [5.74, 6) is 0.572. The smallest absolute Gasteiger partial charge is 0.0533 e. The van der Waals surface area contributed by atoms with Crippen molar-refractivity contribution in [1.82, 2.24) is 0 Å². The number of rotatable bonds is 2. The number of allylic oxidation sites excluding steroid dienone is 3. The molecule has 0 amide bonds. The Kier molecular flexibility index (Phi) is 4.30.